The lowest BCUT2D eigenvalue weighted by Crippen LogP contribution is -2.45. The van der Waals surface area contributed by atoms with E-state index in [2.05, 4.69) is 11.4 Å². The summed E-state index contributed by atoms with van der Waals surface area (Å²) in [5.41, 5.74) is 10.5. The van der Waals surface area contributed by atoms with Crippen molar-refractivity contribution in [1.29, 1.82) is 0 Å². The number of rotatable bonds is 7. The predicted octanol–water partition coefficient (Wildman–Crippen LogP) is 4.12. The fourth-order valence-corrected chi connectivity index (χ4v) is 3.16. The normalized spacial score (nSPS) is 12.2. The van der Waals surface area contributed by atoms with E-state index in [9.17, 15) is 9.59 Å². The second-order valence-corrected chi connectivity index (χ2v) is 8.22. The topological polar surface area (TPSA) is 90.6 Å². The Bertz CT molecular complexity index is 887. The lowest BCUT2D eigenvalue weighted by molar-refractivity contribution is -0.145. The van der Waals surface area contributed by atoms with Crippen molar-refractivity contribution in [3.05, 3.63) is 59.2 Å². The van der Waals surface area contributed by atoms with E-state index in [-0.39, 0.29) is 13.0 Å². The number of nitrogens with one attached hydrogen (secondary N) is 1. The number of hydrogen-bond donors (Lipinski definition) is 2. The first-order valence-corrected chi connectivity index (χ1v) is 10.2. The largest absolute Gasteiger partial charge is 0.464 e. The first-order chi connectivity index (χ1) is 14.1. The van der Waals surface area contributed by atoms with E-state index in [1.807, 2.05) is 43.3 Å². The average Bonchev–Trinajstić information content (AvgIpc) is 2.66. The number of ether oxygens (including phenoxy) is 2. The summed E-state index contributed by atoms with van der Waals surface area (Å²) >= 11 is 0. The summed E-state index contributed by atoms with van der Waals surface area (Å²) in [6, 6.07) is 13.3. The van der Waals surface area contributed by atoms with Gasteiger partial charge in [0.2, 0.25) is 0 Å². The zero-order valence-electron chi connectivity index (χ0n) is 18.5. The summed E-state index contributed by atoms with van der Waals surface area (Å²) < 4.78 is 10.4. The summed E-state index contributed by atoms with van der Waals surface area (Å²) in [5.74, 6) is -0.500. The maximum Gasteiger partial charge on any atom is 0.408 e. The summed E-state index contributed by atoms with van der Waals surface area (Å²) in [4.78, 5) is 24.6. The fraction of sp³-hybridized carbons (Fsp3) is 0.417. The molecule has 0 radical (unpaired) electrons. The van der Waals surface area contributed by atoms with Crippen LogP contribution in [0, 0.1) is 6.92 Å². The lowest BCUT2D eigenvalue weighted by atomic mass is 9.94. The molecule has 6 heteroatoms. The molecule has 2 rings (SSSR count). The highest BCUT2D eigenvalue weighted by Crippen LogP contribution is 2.26. The number of esters is 1. The van der Waals surface area contributed by atoms with Gasteiger partial charge in [0.05, 0.1) is 6.61 Å². The molecule has 162 valence electrons. The van der Waals surface area contributed by atoms with E-state index >= 15 is 0 Å². The van der Waals surface area contributed by atoms with E-state index in [0.717, 1.165) is 22.3 Å². The number of hydrogen-bond acceptors (Lipinski definition) is 5. The van der Waals surface area contributed by atoms with Crippen LogP contribution in [0.4, 0.5) is 4.79 Å². The van der Waals surface area contributed by atoms with E-state index in [0.29, 0.717) is 6.54 Å². The van der Waals surface area contributed by atoms with Gasteiger partial charge in [-0.05, 0) is 56.9 Å². The Kier molecular flexibility index (Phi) is 8.00. The van der Waals surface area contributed by atoms with Crippen LogP contribution in [0.3, 0.4) is 0 Å². The van der Waals surface area contributed by atoms with E-state index < -0.39 is 23.7 Å². The minimum absolute atomic E-state index is 0.228. The zero-order chi connectivity index (χ0) is 22.3. The van der Waals surface area contributed by atoms with Crippen LogP contribution in [-0.2, 0) is 27.2 Å². The molecule has 6 nitrogen and oxygen atoms in total. The molecule has 1 atom stereocenters. The molecule has 0 aromatic heterocycles. The molecule has 0 bridgehead atoms. The molecule has 0 fully saturated rings. The fourth-order valence-electron chi connectivity index (χ4n) is 3.16. The number of nitrogens with two attached hydrogens (primary N) is 1. The molecule has 0 aliphatic carbocycles. The van der Waals surface area contributed by atoms with Crippen molar-refractivity contribution in [2.45, 2.75) is 59.2 Å². The molecule has 0 heterocycles. The van der Waals surface area contributed by atoms with Crippen LogP contribution in [0.1, 0.15) is 44.4 Å². The average molecular weight is 413 g/mol. The quantitative estimate of drug-likeness (QED) is 0.668. The van der Waals surface area contributed by atoms with Crippen LogP contribution < -0.4 is 11.1 Å². The van der Waals surface area contributed by atoms with Crippen molar-refractivity contribution < 1.29 is 19.1 Å². The van der Waals surface area contributed by atoms with Crippen molar-refractivity contribution in [3.8, 4) is 11.1 Å². The third kappa shape index (κ3) is 6.88. The molecule has 1 amide bonds. The van der Waals surface area contributed by atoms with Gasteiger partial charge in [-0.3, -0.25) is 0 Å². The Morgan fingerprint density at radius 3 is 2.47 bits per heavy atom. The molecule has 0 spiro atoms. The summed E-state index contributed by atoms with van der Waals surface area (Å²) in [5, 5.41) is 2.63. The molecule has 0 unspecified atom stereocenters. The smallest absolute Gasteiger partial charge is 0.408 e. The summed E-state index contributed by atoms with van der Waals surface area (Å²) in [6.45, 7) is 9.67. The van der Waals surface area contributed by atoms with Crippen molar-refractivity contribution in [1.82, 2.24) is 5.32 Å². The highest BCUT2D eigenvalue weighted by molar-refractivity contribution is 5.82. The molecule has 0 aliphatic rings. The number of amides is 1. The van der Waals surface area contributed by atoms with Gasteiger partial charge in [-0.1, -0.05) is 48.0 Å². The molecule has 0 aliphatic heterocycles. The summed E-state index contributed by atoms with van der Waals surface area (Å²) in [7, 11) is 0. The Balaban J connectivity index is 2.26. The first kappa shape index (κ1) is 23.4. The highest BCUT2D eigenvalue weighted by Gasteiger charge is 2.26. The Morgan fingerprint density at radius 1 is 1.13 bits per heavy atom. The van der Waals surface area contributed by atoms with E-state index in [4.69, 9.17) is 15.2 Å². The second-order valence-electron chi connectivity index (χ2n) is 8.22. The second kappa shape index (κ2) is 10.3. The van der Waals surface area contributed by atoms with Gasteiger partial charge in [0.25, 0.3) is 0 Å². The third-order valence-electron chi connectivity index (χ3n) is 4.42. The van der Waals surface area contributed by atoms with Crippen LogP contribution in [-0.4, -0.2) is 30.3 Å². The Hall–Kier alpha value is -2.86. The monoisotopic (exact) mass is 412 g/mol. The van der Waals surface area contributed by atoms with Gasteiger partial charge >= 0.3 is 12.1 Å². The zero-order valence-corrected chi connectivity index (χ0v) is 18.5. The van der Waals surface area contributed by atoms with Gasteiger partial charge in [0.1, 0.15) is 11.6 Å². The van der Waals surface area contributed by atoms with Crippen LogP contribution in [0.5, 0.6) is 0 Å². The Morgan fingerprint density at radius 2 is 1.87 bits per heavy atom. The number of carbonyl (C=O) groups is 2. The van der Waals surface area contributed by atoms with Gasteiger partial charge in [-0.25, -0.2) is 9.59 Å². The molecule has 0 saturated heterocycles. The van der Waals surface area contributed by atoms with Crippen LogP contribution >= 0.6 is 0 Å². The molecular weight excluding hydrogens is 380 g/mol. The molecule has 3 N–H and O–H groups in total. The van der Waals surface area contributed by atoms with Gasteiger partial charge < -0.3 is 20.5 Å². The van der Waals surface area contributed by atoms with E-state index in [1.165, 1.54) is 5.56 Å². The molecule has 2 aromatic carbocycles. The third-order valence-corrected chi connectivity index (χ3v) is 4.42. The number of alkyl carbamates (subject to hydrolysis) is 1. The van der Waals surface area contributed by atoms with Crippen molar-refractivity contribution in [3.63, 3.8) is 0 Å². The standard InChI is InChI=1S/C24H32N2O4/c1-6-29-22(27)21(26-23(28)30-24(3,4)5)14-17-10-11-20(19(13-17)15-25)18-9-7-8-16(2)12-18/h7-13,21H,6,14-15,25H2,1-5H3,(H,26,28)/t21-/m0/s1. The molecule has 2 aromatic rings. The minimum atomic E-state index is -0.852. The first-order valence-electron chi connectivity index (χ1n) is 10.2. The van der Waals surface area contributed by atoms with Gasteiger partial charge in [0.15, 0.2) is 0 Å². The number of carbonyl (C=O) groups excluding carboxylic acids is 2. The Labute approximate surface area is 178 Å². The van der Waals surface area contributed by atoms with E-state index in [1.54, 1.807) is 27.7 Å². The number of benzene rings is 2. The lowest BCUT2D eigenvalue weighted by Gasteiger charge is -2.23. The van der Waals surface area contributed by atoms with Crippen molar-refractivity contribution in [2.24, 2.45) is 5.73 Å². The summed E-state index contributed by atoms with van der Waals surface area (Å²) in [6.07, 6.45) is -0.380. The highest BCUT2D eigenvalue weighted by atomic mass is 16.6. The van der Waals surface area contributed by atoms with Crippen molar-refractivity contribution >= 4 is 12.1 Å². The molecule has 0 saturated carbocycles. The minimum Gasteiger partial charge on any atom is -0.464 e. The number of aryl methyl sites for hydroxylation is 1. The molecule has 30 heavy (non-hydrogen) atoms. The molecular formula is C24H32N2O4. The van der Waals surface area contributed by atoms with Crippen molar-refractivity contribution in [2.75, 3.05) is 6.61 Å². The maximum absolute atomic E-state index is 12.4. The van der Waals surface area contributed by atoms with Crippen LogP contribution in [0.25, 0.3) is 11.1 Å². The van der Waals surface area contributed by atoms with Gasteiger partial charge in [0, 0.05) is 13.0 Å². The van der Waals surface area contributed by atoms with Gasteiger partial charge in [-0.15, -0.1) is 0 Å². The van der Waals surface area contributed by atoms with Crippen LogP contribution in [0.2, 0.25) is 0 Å². The SMILES string of the molecule is CCOC(=O)[C@H](Cc1ccc(-c2cccc(C)c2)c(CN)c1)NC(=O)OC(C)(C)C. The maximum atomic E-state index is 12.4. The predicted molar refractivity (Wildman–Crippen MR) is 118 cm³/mol. The van der Waals surface area contributed by atoms with Gasteiger partial charge in [-0.2, -0.15) is 0 Å². The van der Waals surface area contributed by atoms with Crippen LogP contribution in [0.15, 0.2) is 42.5 Å².